The SMILES string of the molecule is Cc1nc(CCc2conc2-c2ccccn2)sc1OC(=O)NCC(F)(F)F. The molecule has 0 fully saturated rings. The van der Waals surface area contributed by atoms with Crippen molar-refractivity contribution in [3.63, 3.8) is 0 Å². The second kappa shape index (κ2) is 8.38. The molecule has 0 spiro atoms. The lowest BCUT2D eigenvalue weighted by Crippen LogP contribution is -2.35. The van der Waals surface area contributed by atoms with Crippen molar-refractivity contribution in [2.24, 2.45) is 0 Å². The van der Waals surface area contributed by atoms with Crippen LogP contribution < -0.4 is 10.1 Å². The first kappa shape index (κ1) is 19.8. The third-order valence-corrected chi connectivity index (χ3v) is 4.67. The van der Waals surface area contributed by atoms with Crippen LogP contribution in [0.25, 0.3) is 11.4 Å². The van der Waals surface area contributed by atoms with Crippen LogP contribution in [0.1, 0.15) is 16.3 Å². The van der Waals surface area contributed by atoms with Gasteiger partial charge in [0.2, 0.25) is 5.06 Å². The maximum atomic E-state index is 12.1. The molecule has 3 rings (SSSR count). The minimum atomic E-state index is -4.50. The van der Waals surface area contributed by atoms with E-state index >= 15 is 0 Å². The fourth-order valence-corrected chi connectivity index (χ4v) is 3.23. The van der Waals surface area contributed by atoms with E-state index in [-0.39, 0.29) is 5.06 Å². The lowest BCUT2D eigenvalue weighted by atomic mass is 10.1. The molecular formula is C17H15F3N4O3S. The highest BCUT2D eigenvalue weighted by molar-refractivity contribution is 7.13. The first-order valence-corrected chi connectivity index (χ1v) is 8.97. The molecule has 3 heterocycles. The van der Waals surface area contributed by atoms with Crippen molar-refractivity contribution in [3.05, 3.63) is 46.9 Å². The van der Waals surface area contributed by atoms with Gasteiger partial charge in [-0.1, -0.05) is 22.6 Å². The van der Waals surface area contributed by atoms with E-state index in [0.29, 0.717) is 34.9 Å². The standard InChI is InChI=1S/C17H15F3N4O3S/c1-10-15(27-16(25)22-9-17(18,19)20)28-13(23-10)6-5-11-8-26-24-14(11)12-4-2-3-7-21-12/h2-4,7-8H,5-6,9H2,1H3,(H,22,25). The van der Waals surface area contributed by atoms with Gasteiger partial charge < -0.3 is 14.6 Å². The first-order valence-electron chi connectivity index (χ1n) is 8.15. The number of amides is 1. The second-order valence-electron chi connectivity index (χ2n) is 5.74. The molecule has 0 unspecified atom stereocenters. The second-order valence-corrected chi connectivity index (χ2v) is 6.79. The Balaban J connectivity index is 1.61. The number of alkyl halides is 3. The molecule has 0 saturated heterocycles. The van der Waals surface area contributed by atoms with Crippen LogP contribution in [0, 0.1) is 6.92 Å². The van der Waals surface area contributed by atoms with Gasteiger partial charge in [-0.05, 0) is 25.5 Å². The molecule has 148 valence electrons. The van der Waals surface area contributed by atoms with E-state index in [1.54, 1.807) is 24.5 Å². The van der Waals surface area contributed by atoms with Crippen molar-refractivity contribution >= 4 is 17.4 Å². The number of nitrogens with one attached hydrogen (secondary N) is 1. The van der Waals surface area contributed by atoms with Crippen LogP contribution in [-0.4, -0.2) is 33.9 Å². The molecule has 28 heavy (non-hydrogen) atoms. The largest absolute Gasteiger partial charge is 0.413 e. The minimum absolute atomic E-state index is 0.157. The Morgan fingerprint density at radius 2 is 2.14 bits per heavy atom. The molecular weight excluding hydrogens is 397 g/mol. The number of halogens is 3. The third-order valence-electron chi connectivity index (χ3n) is 3.58. The molecule has 7 nitrogen and oxygen atoms in total. The maximum Gasteiger partial charge on any atom is 0.413 e. The van der Waals surface area contributed by atoms with Crippen molar-refractivity contribution in [2.75, 3.05) is 6.54 Å². The van der Waals surface area contributed by atoms with Gasteiger partial charge in [0.25, 0.3) is 0 Å². The normalized spacial score (nSPS) is 11.4. The van der Waals surface area contributed by atoms with Crippen LogP contribution in [0.3, 0.4) is 0 Å². The lowest BCUT2D eigenvalue weighted by Gasteiger charge is -2.07. The summed E-state index contributed by atoms with van der Waals surface area (Å²) in [6, 6.07) is 5.47. The Morgan fingerprint density at radius 3 is 2.86 bits per heavy atom. The Labute approximate surface area is 161 Å². The summed E-state index contributed by atoms with van der Waals surface area (Å²) in [6.07, 6.45) is -1.41. The molecule has 1 N–H and O–H groups in total. The van der Waals surface area contributed by atoms with Crippen LogP contribution >= 0.6 is 11.3 Å². The molecule has 11 heteroatoms. The van der Waals surface area contributed by atoms with Crippen molar-refractivity contribution < 1.29 is 27.2 Å². The first-order chi connectivity index (χ1) is 13.3. The number of thiazole rings is 1. The summed E-state index contributed by atoms with van der Waals surface area (Å²) in [6.45, 7) is 0.158. The van der Waals surface area contributed by atoms with Gasteiger partial charge in [-0.25, -0.2) is 9.78 Å². The van der Waals surface area contributed by atoms with E-state index in [4.69, 9.17) is 9.26 Å². The highest BCUT2D eigenvalue weighted by Gasteiger charge is 2.28. The molecule has 3 aromatic rings. The highest BCUT2D eigenvalue weighted by Crippen LogP contribution is 2.29. The van der Waals surface area contributed by atoms with E-state index < -0.39 is 18.8 Å². The van der Waals surface area contributed by atoms with Gasteiger partial charge in [0.05, 0.1) is 16.4 Å². The maximum absolute atomic E-state index is 12.1. The van der Waals surface area contributed by atoms with Crippen LogP contribution in [0.15, 0.2) is 35.2 Å². The number of carbonyl (C=O) groups excluding carboxylic acids is 1. The van der Waals surface area contributed by atoms with Gasteiger partial charge in [-0.3, -0.25) is 4.98 Å². The average Bonchev–Trinajstić information content (AvgIpc) is 3.25. The topological polar surface area (TPSA) is 90.1 Å². The van der Waals surface area contributed by atoms with E-state index in [1.165, 1.54) is 6.26 Å². The monoisotopic (exact) mass is 412 g/mol. The zero-order chi connectivity index (χ0) is 20.1. The van der Waals surface area contributed by atoms with Gasteiger partial charge >= 0.3 is 12.3 Å². The number of aryl methyl sites for hydroxylation is 3. The van der Waals surface area contributed by atoms with E-state index in [0.717, 1.165) is 16.9 Å². The quantitative estimate of drug-likeness (QED) is 0.660. The van der Waals surface area contributed by atoms with Gasteiger partial charge in [-0.2, -0.15) is 13.2 Å². The summed E-state index contributed by atoms with van der Waals surface area (Å²) in [5.41, 5.74) is 2.60. The van der Waals surface area contributed by atoms with Crippen LogP contribution in [0.2, 0.25) is 0 Å². The number of carbonyl (C=O) groups is 1. The number of rotatable bonds is 6. The fraction of sp³-hybridized carbons (Fsp3) is 0.294. The molecule has 0 atom stereocenters. The van der Waals surface area contributed by atoms with Gasteiger partial charge in [0.15, 0.2) is 0 Å². The van der Waals surface area contributed by atoms with Crippen LogP contribution in [0.5, 0.6) is 5.06 Å². The molecule has 0 aliphatic heterocycles. The van der Waals surface area contributed by atoms with Crippen LogP contribution in [-0.2, 0) is 12.8 Å². The molecule has 0 radical (unpaired) electrons. The summed E-state index contributed by atoms with van der Waals surface area (Å²) >= 11 is 1.10. The number of hydrogen-bond donors (Lipinski definition) is 1. The molecule has 1 amide bonds. The smallest absolute Gasteiger partial charge is 0.397 e. The third kappa shape index (κ3) is 5.28. The van der Waals surface area contributed by atoms with Crippen molar-refractivity contribution in [2.45, 2.75) is 25.9 Å². The molecule has 0 aliphatic rings. The van der Waals surface area contributed by atoms with Crippen LogP contribution in [0.4, 0.5) is 18.0 Å². The van der Waals surface area contributed by atoms with Crippen molar-refractivity contribution in [1.82, 2.24) is 20.4 Å². The van der Waals surface area contributed by atoms with Gasteiger partial charge in [0.1, 0.15) is 18.5 Å². The predicted molar refractivity (Wildman–Crippen MR) is 94.1 cm³/mol. The highest BCUT2D eigenvalue weighted by atomic mass is 32.1. The number of aromatic nitrogens is 3. The minimum Gasteiger partial charge on any atom is -0.397 e. The molecule has 0 aliphatic carbocycles. The van der Waals surface area contributed by atoms with Gasteiger partial charge in [0, 0.05) is 18.2 Å². The fourth-order valence-electron chi connectivity index (χ4n) is 2.32. The van der Waals surface area contributed by atoms with E-state index in [1.807, 2.05) is 12.1 Å². The van der Waals surface area contributed by atoms with Crippen molar-refractivity contribution in [1.29, 1.82) is 0 Å². The summed E-state index contributed by atoms with van der Waals surface area (Å²) in [7, 11) is 0. The number of nitrogens with zero attached hydrogens (tertiary/aromatic N) is 3. The molecule has 3 aromatic heterocycles. The summed E-state index contributed by atoms with van der Waals surface area (Å²) in [4.78, 5) is 20.0. The zero-order valence-electron chi connectivity index (χ0n) is 14.6. The molecule has 0 saturated carbocycles. The lowest BCUT2D eigenvalue weighted by molar-refractivity contribution is -0.123. The summed E-state index contributed by atoms with van der Waals surface area (Å²) < 4.78 is 46.4. The Hall–Kier alpha value is -2.95. The molecule has 0 aromatic carbocycles. The molecule has 0 bridgehead atoms. The summed E-state index contributed by atoms with van der Waals surface area (Å²) in [5.74, 6) is 0. The van der Waals surface area contributed by atoms with Crippen molar-refractivity contribution in [3.8, 4) is 16.5 Å². The predicted octanol–water partition coefficient (Wildman–Crippen LogP) is 3.94. The van der Waals surface area contributed by atoms with E-state index in [9.17, 15) is 18.0 Å². The Bertz CT molecular complexity index is 941. The Kier molecular flexibility index (Phi) is 5.93. The van der Waals surface area contributed by atoms with E-state index in [2.05, 4.69) is 15.1 Å². The zero-order valence-corrected chi connectivity index (χ0v) is 15.4. The number of ether oxygens (including phenoxy) is 1. The number of pyridine rings is 1. The number of hydrogen-bond acceptors (Lipinski definition) is 7. The van der Waals surface area contributed by atoms with Gasteiger partial charge in [-0.15, -0.1) is 0 Å². The Morgan fingerprint density at radius 1 is 1.32 bits per heavy atom. The average molecular weight is 412 g/mol. The summed E-state index contributed by atoms with van der Waals surface area (Å²) in [5, 5.41) is 6.46.